The minimum Gasteiger partial charge on any atom is -0.381 e. The summed E-state index contributed by atoms with van der Waals surface area (Å²) in [5.41, 5.74) is 5.68. The summed E-state index contributed by atoms with van der Waals surface area (Å²) in [5.74, 6) is -0.538. The quantitative estimate of drug-likeness (QED) is 0.434. The van der Waals surface area contributed by atoms with Gasteiger partial charge in [-0.2, -0.15) is 0 Å². The van der Waals surface area contributed by atoms with Crippen LogP contribution in [-0.2, 0) is 14.3 Å². The molecule has 2 aromatic rings. The molecule has 0 atom stereocenters. The molecule has 0 saturated heterocycles. The van der Waals surface area contributed by atoms with Gasteiger partial charge in [-0.25, -0.2) is 0 Å². The first-order valence-electron chi connectivity index (χ1n) is 11.0. The van der Waals surface area contributed by atoms with Crippen molar-refractivity contribution in [3.05, 3.63) is 70.4 Å². The van der Waals surface area contributed by atoms with Crippen LogP contribution in [0.25, 0.3) is 5.57 Å². The molecule has 0 saturated carbocycles. The molecule has 2 aromatic carbocycles. The van der Waals surface area contributed by atoms with Crippen LogP contribution in [0, 0.1) is 20.8 Å². The molecule has 1 heterocycles. The number of nitrogens with one attached hydrogen (secondary N) is 1. The van der Waals surface area contributed by atoms with Crippen molar-refractivity contribution < 1.29 is 14.3 Å². The third-order valence-corrected chi connectivity index (χ3v) is 5.60. The normalized spacial score (nSPS) is 14.0. The maximum atomic E-state index is 13.3. The number of unbranched alkanes of at least 4 members (excludes halogenated alkanes) is 1. The molecule has 0 unspecified atom stereocenters. The van der Waals surface area contributed by atoms with E-state index in [0.717, 1.165) is 40.8 Å². The Morgan fingerprint density at radius 2 is 1.58 bits per heavy atom. The Kier molecular flexibility index (Phi) is 7.64. The number of aryl methyl sites for hydroxylation is 3. The van der Waals surface area contributed by atoms with Crippen molar-refractivity contribution in [1.82, 2.24) is 4.90 Å². The predicted octanol–water partition coefficient (Wildman–Crippen LogP) is 5.01. The average molecular weight is 421 g/mol. The van der Waals surface area contributed by atoms with Crippen LogP contribution >= 0.6 is 0 Å². The third kappa shape index (κ3) is 5.42. The molecule has 164 valence electrons. The molecule has 3 rings (SSSR count). The summed E-state index contributed by atoms with van der Waals surface area (Å²) in [6, 6.07) is 13.7. The van der Waals surface area contributed by atoms with Gasteiger partial charge < -0.3 is 10.1 Å². The lowest BCUT2D eigenvalue weighted by atomic mass is 9.99. The molecule has 2 amide bonds. The van der Waals surface area contributed by atoms with Gasteiger partial charge in [-0.05, 0) is 62.4 Å². The number of carbonyl (C=O) groups excluding carboxylic acids is 2. The largest absolute Gasteiger partial charge is 0.381 e. The summed E-state index contributed by atoms with van der Waals surface area (Å²) < 4.78 is 5.60. The van der Waals surface area contributed by atoms with Gasteiger partial charge in [0.1, 0.15) is 5.70 Å². The Bertz CT molecular complexity index is 977. The van der Waals surface area contributed by atoms with E-state index in [1.54, 1.807) is 0 Å². The zero-order valence-corrected chi connectivity index (χ0v) is 19.0. The molecule has 0 bridgehead atoms. The summed E-state index contributed by atoms with van der Waals surface area (Å²) in [7, 11) is 0. The third-order valence-electron chi connectivity index (χ3n) is 5.60. The number of ether oxygens (including phenoxy) is 1. The van der Waals surface area contributed by atoms with E-state index in [0.29, 0.717) is 37.4 Å². The zero-order valence-electron chi connectivity index (χ0n) is 19.0. The van der Waals surface area contributed by atoms with Crippen LogP contribution in [0.1, 0.15) is 48.4 Å². The van der Waals surface area contributed by atoms with Crippen molar-refractivity contribution in [1.29, 1.82) is 0 Å². The number of hydrogen-bond acceptors (Lipinski definition) is 4. The Labute approximate surface area is 185 Å². The average Bonchev–Trinajstić information content (AvgIpc) is 2.98. The number of anilines is 1. The van der Waals surface area contributed by atoms with E-state index in [9.17, 15) is 9.59 Å². The molecule has 0 aromatic heterocycles. The van der Waals surface area contributed by atoms with E-state index in [1.807, 2.05) is 63.2 Å². The minimum atomic E-state index is -0.285. The molecule has 1 aliphatic heterocycles. The predicted molar refractivity (Wildman–Crippen MR) is 125 cm³/mol. The topological polar surface area (TPSA) is 58.6 Å². The van der Waals surface area contributed by atoms with Crippen LogP contribution in [0.5, 0.6) is 0 Å². The number of hydrogen-bond donors (Lipinski definition) is 1. The number of imide groups is 1. The van der Waals surface area contributed by atoms with Crippen LogP contribution in [0.2, 0.25) is 0 Å². The van der Waals surface area contributed by atoms with Crippen molar-refractivity contribution in [3.63, 3.8) is 0 Å². The van der Waals surface area contributed by atoms with Gasteiger partial charge in [-0.3, -0.25) is 14.5 Å². The highest BCUT2D eigenvalue weighted by molar-refractivity contribution is 6.36. The molecule has 0 fully saturated rings. The highest BCUT2D eigenvalue weighted by Gasteiger charge is 2.38. The molecule has 0 aliphatic carbocycles. The van der Waals surface area contributed by atoms with E-state index in [-0.39, 0.29) is 11.8 Å². The Morgan fingerprint density at radius 3 is 2.26 bits per heavy atom. The number of benzene rings is 2. The molecule has 31 heavy (non-hydrogen) atoms. The summed E-state index contributed by atoms with van der Waals surface area (Å²) in [6.45, 7) is 9.77. The first kappa shape index (κ1) is 22.8. The number of amides is 2. The lowest BCUT2D eigenvalue weighted by Gasteiger charge is -2.15. The van der Waals surface area contributed by atoms with Crippen molar-refractivity contribution in [2.45, 2.75) is 47.0 Å². The maximum absolute atomic E-state index is 13.3. The van der Waals surface area contributed by atoms with Crippen LogP contribution in [0.4, 0.5) is 5.69 Å². The van der Waals surface area contributed by atoms with E-state index in [2.05, 4.69) is 12.2 Å². The fourth-order valence-electron chi connectivity index (χ4n) is 3.51. The standard InChI is InChI=1S/C26H32N2O3/c1-5-6-15-31-16-7-14-28-25(29)23(21-11-10-19(3)20(4)17-21)24(26(28)30)27-22-12-8-18(2)9-13-22/h8-13,17,27H,5-7,14-16H2,1-4H3. The summed E-state index contributed by atoms with van der Waals surface area (Å²) in [4.78, 5) is 27.9. The molecule has 1 aliphatic rings. The Morgan fingerprint density at radius 1 is 0.871 bits per heavy atom. The van der Waals surface area contributed by atoms with Gasteiger partial charge >= 0.3 is 0 Å². The van der Waals surface area contributed by atoms with Crippen molar-refractivity contribution in [3.8, 4) is 0 Å². The molecular formula is C26H32N2O3. The summed E-state index contributed by atoms with van der Waals surface area (Å²) in [6.07, 6.45) is 2.73. The van der Waals surface area contributed by atoms with Crippen LogP contribution < -0.4 is 5.32 Å². The zero-order chi connectivity index (χ0) is 22.4. The fourth-order valence-corrected chi connectivity index (χ4v) is 3.51. The first-order chi connectivity index (χ1) is 14.9. The van der Waals surface area contributed by atoms with Gasteiger partial charge in [0, 0.05) is 25.4 Å². The summed E-state index contributed by atoms with van der Waals surface area (Å²) in [5, 5.41) is 3.22. The van der Waals surface area contributed by atoms with Crippen LogP contribution in [-0.4, -0.2) is 36.5 Å². The molecule has 1 N–H and O–H groups in total. The second-order valence-electron chi connectivity index (χ2n) is 8.12. The highest BCUT2D eigenvalue weighted by Crippen LogP contribution is 2.31. The number of rotatable bonds is 10. The lowest BCUT2D eigenvalue weighted by Crippen LogP contribution is -2.34. The second-order valence-corrected chi connectivity index (χ2v) is 8.12. The maximum Gasteiger partial charge on any atom is 0.278 e. The second kappa shape index (κ2) is 10.4. The minimum absolute atomic E-state index is 0.253. The molecule has 0 radical (unpaired) electrons. The van der Waals surface area contributed by atoms with Gasteiger partial charge in [0.15, 0.2) is 0 Å². The molecule has 5 heteroatoms. The van der Waals surface area contributed by atoms with Gasteiger partial charge in [-0.15, -0.1) is 0 Å². The number of carbonyl (C=O) groups is 2. The van der Waals surface area contributed by atoms with E-state index < -0.39 is 0 Å². The smallest absolute Gasteiger partial charge is 0.278 e. The van der Waals surface area contributed by atoms with Crippen molar-refractivity contribution >= 4 is 23.1 Å². The molecule has 0 spiro atoms. The van der Waals surface area contributed by atoms with Gasteiger partial charge in [0.25, 0.3) is 11.8 Å². The van der Waals surface area contributed by atoms with E-state index in [1.165, 1.54) is 4.90 Å². The monoisotopic (exact) mass is 420 g/mol. The Balaban J connectivity index is 1.85. The molecule has 5 nitrogen and oxygen atoms in total. The van der Waals surface area contributed by atoms with E-state index >= 15 is 0 Å². The SMILES string of the molecule is CCCCOCCCN1C(=O)C(Nc2ccc(C)cc2)=C(c2ccc(C)c(C)c2)C1=O. The summed E-state index contributed by atoms with van der Waals surface area (Å²) >= 11 is 0. The van der Waals surface area contributed by atoms with Crippen LogP contribution in [0.15, 0.2) is 48.2 Å². The fraction of sp³-hybridized carbons (Fsp3) is 0.385. The number of nitrogens with zero attached hydrogens (tertiary/aromatic N) is 1. The van der Waals surface area contributed by atoms with Crippen LogP contribution in [0.3, 0.4) is 0 Å². The van der Waals surface area contributed by atoms with Gasteiger partial charge in [-0.1, -0.05) is 49.2 Å². The van der Waals surface area contributed by atoms with Crippen molar-refractivity contribution in [2.24, 2.45) is 0 Å². The van der Waals surface area contributed by atoms with Crippen molar-refractivity contribution in [2.75, 3.05) is 25.1 Å². The van der Waals surface area contributed by atoms with E-state index in [4.69, 9.17) is 4.74 Å². The van der Waals surface area contributed by atoms with Gasteiger partial charge in [0.05, 0.1) is 5.57 Å². The first-order valence-corrected chi connectivity index (χ1v) is 11.0. The Hall–Kier alpha value is -2.92. The van der Waals surface area contributed by atoms with Gasteiger partial charge in [0.2, 0.25) is 0 Å². The highest BCUT2D eigenvalue weighted by atomic mass is 16.5. The molecular weight excluding hydrogens is 388 g/mol. The lowest BCUT2D eigenvalue weighted by molar-refractivity contribution is -0.137.